The third kappa shape index (κ3) is 4.05. The van der Waals surface area contributed by atoms with Crippen LogP contribution in [0.1, 0.15) is 12.8 Å². The highest BCUT2D eigenvalue weighted by Crippen LogP contribution is 2.43. The number of hydrogen-bond acceptors (Lipinski definition) is 7. The fourth-order valence-electron chi connectivity index (χ4n) is 4.32. The van der Waals surface area contributed by atoms with E-state index in [9.17, 15) is 14.7 Å². The van der Waals surface area contributed by atoms with Crippen LogP contribution in [-0.2, 0) is 11.3 Å². The molecule has 0 unspecified atom stereocenters. The van der Waals surface area contributed by atoms with Gasteiger partial charge in [0.1, 0.15) is 10.5 Å². The van der Waals surface area contributed by atoms with E-state index in [1.165, 1.54) is 4.68 Å². The normalized spacial score (nSPS) is 20.6. The van der Waals surface area contributed by atoms with Crippen molar-refractivity contribution in [3.63, 3.8) is 0 Å². The molecule has 0 amide bonds. The van der Waals surface area contributed by atoms with Crippen molar-refractivity contribution in [3.05, 3.63) is 70.5 Å². The SMILES string of the molecule is O=C(O)[C@H]1[C@H](Cn2nnc3ccccc3c2=O)CC[C@@H]1Sc1ccc(-c2nccs2)cc1. The summed E-state index contributed by atoms with van der Waals surface area (Å²) in [5.74, 6) is -1.56. The van der Waals surface area contributed by atoms with Gasteiger partial charge in [0.25, 0.3) is 5.56 Å². The molecule has 2 aromatic carbocycles. The second kappa shape index (κ2) is 8.84. The Balaban J connectivity index is 1.33. The summed E-state index contributed by atoms with van der Waals surface area (Å²) in [6, 6.07) is 15.2. The highest BCUT2D eigenvalue weighted by molar-refractivity contribution is 8.00. The summed E-state index contributed by atoms with van der Waals surface area (Å²) in [6.07, 6.45) is 3.28. The summed E-state index contributed by atoms with van der Waals surface area (Å²) in [4.78, 5) is 30.3. The highest BCUT2D eigenvalue weighted by atomic mass is 32.2. The molecule has 1 fully saturated rings. The first kappa shape index (κ1) is 20.8. The smallest absolute Gasteiger partial charge is 0.307 e. The Morgan fingerprint density at radius 2 is 1.97 bits per heavy atom. The molecule has 0 bridgehead atoms. The molecule has 1 aliphatic carbocycles. The molecule has 9 heteroatoms. The lowest BCUT2D eigenvalue weighted by Crippen LogP contribution is -2.33. The lowest BCUT2D eigenvalue weighted by atomic mass is 9.96. The molecule has 0 radical (unpaired) electrons. The Kier molecular flexibility index (Phi) is 5.75. The van der Waals surface area contributed by atoms with Crippen molar-refractivity contribution < 1.29 is 9.90 Å². The molecule has 0 spiro atoms. The van der Waals surface area contributed by atoms with E-state index in [1.807, 2.05) is 35.7 Å². The Bertz CT molecular complexity index is 1310. The van der Waals surface area contributed by atoms with Crippen LogP contribution in [0.2, 0.25) is 0 Å². The van der Waals surface area contributed by atoms with Crippen molar-refractivity contribution in [2.45, 2.75) is 29.5 Å². The predicted molar refractivity (Wildman–Crippen MR) is 125 cm³/mol. The van der Waals surface area contributed by atoms with Crippen LogP contribution in [0.25, 0.3) is 21.5 Å². The van der Waals surface area contributed by atoms with E-state index in [1.54, 1.807) is 47.5 Å². The average Bonchev–Trinajstić information content (AvgIpc) is 3.47. The van der Waals surface area contributed by atoms with Crippen LogP contribution < -0.4 is 5.56 Å². The van der Waals surface area contributed by atoms with E-state index in [4.69, 9.17) is 0 Å². The number of thioether (sulfide) groups is 1. The first-order valence-electron chi connectivity index (χ1n) is 10.3. The lowest BCUT2D eigenvalue weighted by molar-refractivity contribution is -0.142. The molecule has 32 heavy (non-hydrogen) atoms. The zero-order chi connectivity index (χ0) is 22.1. The summed E-state index contributed by atoms with van der Waals surface area (Å²) in [6.45, 7) is 0.258. The molecule has 0 aliphatic heterocycles. The Labute approximate surface area is 192 Å². The van der Waals surface area contributed by atoms with Crippen LogP contribution in [0.15, 0.2) is 69.8 Å². The zero-order valence-corrected chi connectivity index (χ0v) is 18.6. The first-order valence-corrected chi connectivity index (χ1v) is 12.1. The second-order valence-electron chi connectivity index (χ2n) is 7.81. The topological polar surface area (TPSA) is 98.0 Å². The standard InChI is InChI=1S/C23H20N4O3S2/c28-22-17-3-1-2-4-18(17)25-26-27(22)13-15-7-10-19(20(15)23(29)30)32-16-8-5-14(6-9-16)21-24-11-12-31-21/h1-6,8-9,11-12,15,19-20H,7,10,13H2,(H,29,30)/t15-,19-,20-/m0/s1. The van der Waals surface area contributed by atoms with Gasteiger partial charge in [-0.3, -0.25) is 9.59 Å². The molecule has 1 N–H and O–H groups in total. The monoisotopic (exact) mass is 464 g/mol. The van der Waals surface area contributed by atoms with Crippen LogP contribution in [-0.4, -0.2) is 36.3 Å². The number of thiazole rings is 1. The van der Waals surface area contributed by atoms with Gasteiger partial charge in [-0.1, -0.05) is 29.5 Å². The number of carboxylic acids is 1. The summed E-state index contributed by atoms with van der Waals surface area (Å²) >= 11 is 3.18. The minimum Gasteiger partial charge on any atom is -0.481 e. The number of carboxylic acid groups (broad SMARTS) is 1. The number of aromatic nitrogens is 4. The molecule has 1 saturated carbocycles. The zero-order valence-electron chi connectivity index (χ0n) is 17.0. The number of carbonyl (C=O) groups is 1. The van der Waals surface area contributed by atoms with Crippen LogP contribution >= 0.6 is 23.1 Å². The maximum Gasteiger partial charge on any atom is 0.307 e. The van der Waals surface area contributed by atoms with E-state index in [-0.39, 0.29) is 23.3 Å². The third-order valence-corrected chi connectivity index (χ3v) is 8.07. The number of nitrogens with zero attached hydrogens (tertiary/aromatic N) is 4. The molecule has 1 aliphatic rings. The summed E-state index contributed by atoms with van der Waals surface area (Å²) in [7, 11) is 0. The van der Waals surface area contributed by atoms with Gasteiger partial charge in [0, 0.05) is 27.3 Å². The van der Waals surface area contributed by atoms with Gasteiger partial charge in [0.2, 0.25) is 0 Å². The predicted octanol–water partition coefficient (Wildman–Crippen LogP) is 4.19. The number of hydrogen-bond donors (Lipinski definition) is 1. The van der Waals surface area contributed by atoms with Crippen LogP contribution in [0.5, 0.6) is 0 Å². The van der Waals surface area contributed by atoms with Gasteiger partial charge in [0.15, 0.2) is 0 Å². The molecular weight excluding hydrogens is 444 g/mol. The second-order valence-corrected chi connectivity index (χ2v) is 10.0. The van der Waals surface area contributed by atoms with Crippen LogP contribution in [0, 0.1) is 11.8 Å². The van der Waals surface area contributed by atoms with E-state index >= 15 is 0 Å². The summed E-state index contributed by atoms with van der Waals surface area (Å²) in [5, 5.41) is 21.5. The minimum absolute atomic E-state index is 0.0627. The third-order valence-electron chi connectivity index (χ3n) is 5.87. The van der Waals surface area contributed by atoms with Crippen molar-refractivity contribution in [3.8, 4) is 10.6 Å². The van der Waals surface area contributed by atoms with Gasteiger partial charge in [0.05, 0.1) is 17.8 Å². The molecule has 162 valence electrons. The van der Waals surface area contributed by atoms with Crippen molar-refractivity contribution in [1.82, 2.24) is 20.0 Å². The summed E-state index contributed by atoms with van der Waals surface area (Å²) in [5.41, 5.74) is 1.37. The lowest BCUT2D eigenvalue weighted by Gasteiger charge is -2.21. The first-order chi connectivity index (χ1) is 15.6. The Morgan fingerprint density at radius 3 is 2.72 bits per heavy atom. The fourth-order valence-corrected chi connectivity index (χ4v) is 6.35. The Morgan fingerprint density at radius 1 is 1.16 bits per heavy atom. The highest BCUT2D eigenvalue weighted by Gasteiger charge is 2.42. The van der Waals surface area contributed by atoms with Gasteiger partial charge in [-0.25, -0.2) is 9.67 Å². The molecule has 4 aromatic rings. The van der Waals surface area contributed by atoms with Crippen molar-refractivity contribution in [2.24, 2.45) is 11.8 Å². The molecule has 3 atom stereocenters. The maximum absolute atomic E-state index is 12.8. The van der Waals surface area contributed by atoms with Gasteiger partial charge < -0.3 is 5.11 Å². The molecule has 5 rings (SSSR count). The van der Waals surface area contributed by atoms with Crippen molar-refractivity contribution >= 4 is 40.0 Å². The quantitative estimate of drug-likeness (QED) is 0.457. The van der Waals surface area contributed by atoms with E-state index in [2.05, 4.69) is 15.3 Å². The van der Waals surface area contributed by atoms with E-state index in [0.29, 0.717) is 10.9 Å². The molecule has 7 nitrogen and oxygen atoms in total. The van der Waals surface area contributed by atoms with Gasteiger partial charge in [-0.15, -0.1) is 28.2 Å². The number of rotatable bonds is 6. The largest absolute Gasteiger partial charge is 0.481 e. The van der Waals surface area contributed by atoms with Crippen LogP contribution in [0.4, 0.5) is 0 Å². The van der Waals surface area contributed by atoms with Crippen molar-refractivity contribution in [2.75, 3.05) is 0 Å². The molecule has 2 heterocycles. The number of aliphatic carboxylic acids is 1. The van der Waals surface area contributed by atoms with Gasteiger partial charge >= 0.3 is 5.97 Å². The van der Waals surface area contributed by atoms with Crippen molar-refractivity contribution in [1.29, 1.82) is 0 Å². The van der Waals surface area contributed by atoms with Crippen LogP contribution in [0.3, 0.4) is 0 Å². The fraction of sp³-hybridized carbons (Fsp3) is 0.261. The summed E-state index contributed by atoms with van der Waals surface area (Å²) < 4.78 is 1.32. The van der Waals surface area contributed by atoms with E-state index in [0.717, 1.165) is 28.3 Å². The number of benzene rings is 2. The average molecular weight is 465 g/mol. The maximum atomic E-state index is 12.8. The Hall–Kier alpha value is -3.04. The van der Waals surface area contributed by atoms with Gasteiger partial charge in [-0.2, -0.15) is 0 Å². The van der Waals surface area contributed by atoms with Gasteiger partial charge in [-0.05, 0) is 43.0 Å². The molecule has 0 saturated heterocycles. The number of fused-ring (bicyclic) bond motifs is 1. The minimum atomic E-state index is -0.828. The van der Waals surface area contributed by atoms with E-state index < -0.39 is 11.9 Å². The molecular formula is C23H20N4O3S2. The molecule has 2 aromatic heterocycles.